The Kier molecular flexibility index (Phi) is 5.08. The predicted octanol–water partition coefficient (Wildman–Crippen LogP) is 4.37. The van der Waals surface area contributed by atoms with E-state index in [-0.39, 0.29) is 5.97 Å². The lowest BCUT2D eigenvalue weighted by molar-refractivity contribution is -0.150. The largest absolute Gasteiger partial charge is 0.464 e. The first-order chi connectivity index (χ1) is 9.62. The molecule has 0 aliphatic heterocycles. The second-order valence-electron chi connectivity index (χ2n) is 5.32. The summed E-state index contributed by atoms with van der Waals surface area (Å²) in [6.07, 6.45) is 3.99. The van der Waals surface area contributed by atoms with E-state index in [1.165, 1.54) is 0 Å². The van der Waals surface area contributed by atoms with Crippen LogP contribution in [0.4, 0.5) is 5.69 Å². The van der Waals surface area contributed by atoms with Gasteiger partial charge in [-0.15, -0.1) is 0 Å². The van der Waals surface area contributed by atoms with Crippen molar-refractivity contribution in [3.8, 4) is 0 Å². The predicted molar refractivity (Wildman–Crippen MR) is 84.8 cm³/mol. The first-order valence-electron chi connectivity index (χ1n) is 7.33. The quantitative estimate of drug-likeness (QED) is 0.809. The fourth-order valence-corrected chi connectivity index (χ4v) is 3.43. The number of ether oxygens (including phenoxy) is 1. The molecule has 4 heteroatoms. The highest BCUT2D eigenvalue weighted by molar-refractivity contribution is 9.10. The van der Waals surface area contributed by atoms with Gasteiger partial charge in [-0.1, -0.05) is 35.7 Å². The summed E-state index contributed by atoms with van der Waals surface area (Å²) in [5.41, 5.74) is 0.417. The van der Waals surface area contributed by atoms with E-state index in [1.807, 2.05) is 31.2 Å². The highest BCUT2D eigenvalue weighted by Crippen LogP contribution is 2.41. The smallest absolute Gasteiger partial charge is 0.332 e. The number of nitrogens with one attached hydrogen (secondary N) is 1. The van der Waals surface area contributed by atoms with Crippen molar-refractivity contribution in [3.05, 3.63) is 28.7 Å². The zero-order chi connectivity index (χ0) is 14.6. The molecule has 0 radical (unpaired) electrons. The molecule has 0 aromatic heterocycles. The summed E-state index contributed by atoms with van der Waals surface area (Å²) in [5, 5.41) is 3.47. The molecule has 0 saturated heterocycles. The average Bonchev–Trinajstić information content (AvgIpc) is 2.85. The molecule has 20 heavy (non-hydrogen) atoms. The molecule has 1 aromatic carbocycles. The Balaban J connectivity index is 2.27. The third kappa shape index (κ3) is 3.00. The van der Waals surface area contributed by atoms with Crippen molar-refractivity contribution in [2.24, 2.45) is 5.92 Å². The molecular weight excluding hydrogens is 318 g/mol. The lowest BCUT2D eigenvalue weighted by atomic mass is 9.84. The summed E-state index contributed by atoms with van der Waals surface area (Å²) >= 11 is 3.43. The minimum absolute atomic E-state index is 0.104. The molecule has 1 aliphatic rings. The van der Waals surface area contributed by atoms with Crippen LogP contribution in [-0.2, 0) is 9.53 Å². The molecule has 0 bridgehead atoms. The second-order valence-corrected chi connectivity index (χ2v) is 6.24. The summed E-state index contributed by atoms with van der Waals surface area (Å²) in [5.74, 6) is 0.234. The molecule has 2 unspecified atom stereocenters. The number of anilines is 1. The van der Waals surface area contributed by atoms with Crippen LogP contribution in [0.1, 0.15) is 39.5 Å². The van der Waals surface area contributed by atoms with Gasteiger partial charge >= 0.3 is 5.97 Å². The molecule has 0 heterocycles. The number of hydrogen-bond acceptors (Lipinski definition) is 3. The maximum Gasteiger partial charge on any atom is 0.332 e. The van der Waals surface area contributed by atoms with Gasteiger partial charge in [-0.25, -0.2) is 4.79 Å². The van der Waals surface area contributed by atoms with Gasteiger partial charge in [-0.2, -0.15) is 0 Å². The van der Waals surface area contributed by atoms with Crippen LogP contribution in [0.25, 0.3) is 0 Å². The third-order valence-electron chi connectivity index (χ3n) is 4.16. The fraction of sp³-hybridized carbons (Fsp3) is 0.562. The fourth-order valence-electron chi connectivity index (χ4n) is 3.17. The van der Waals surface area contributed by atoms with Crippen molar-refractivity contribution >= 4 is 27.6 Å². The van der Waals surface area contributed by atoms with Gasteiger partial charge in [0.25, 0.3) is 0 Å². The summed E-state index contributed by atoms with van der Waals surface area (Å²) in [6, 6.07) is 7.96. The van der Waals surface area contributed by atoms with E-state index < -0.39 is 5.54 Å². The number of carbonyl (C=O) groups is 1. The third-order valence-corrected chi connectivity index (χ3v) is 4.69. The zero-order valence-electron chi connectivity index (χ0n) is 12.1. The molecular formula is C16H22BrNO2. The van der Waals surface area contributed by atoms with E-state index in [0.29, 0.717) is 12.5 Å². The second kappa shape index (κ2) is 6.61. The van der Waals surface area contributed by atoms with E-state index in [0.717, 1.165) is 35.8 Å². The first kappa shape index (κ1) is 15.4. The maximum atomic E-state index is 12.5. The summed E-state index contributed by atoms with van der Waals surface area (Å²) in [6.45, 7) is 4.44. The molecule has 1 saturated carbocycles. The Labute approximate surface area is 129 Å². The Morgan fingerprint density at radius 2 is 2.10 bits per heavy atom. The van der Waals surface area contributed by atoms with E-state index in [9.17, 15) is 4.79 Å². The summed E-state index contributed by atoms with van der Waals surface area (Å²) in [7, 11) is 0. The van der Waals surface area contributed by atoms with Gasteiger partial charge in [-0.05, 0) is 49.9 Å². The standard InChI is InChI=1S/C16H22BrNO2/c1-3-12-6-5-11-16(12,15(19)20-4-2)18-14-9-7-13(17)8-10-14/h7-10,12,18H,3-6,11H2,1-2H3. The van der Waals surface area contributed by atoms with Crippen molar-refractivity contribution in [2.45, 2.75) is 45.1 Å². The van der Waals surface area contributed by atoms with Crippen LogP contribution in [-0.4, -0.2) is 18.1 Å². The highest BCUT2D eigenvalue weighted by atomic mass is 79.9. The zero-order valence-corrected chi connectivity index (χ0v) is 13.7. The average molecular weight is 340 g/mol. The number of rotatable bonds is 5. The van der Waals surface area contributed by atoms with Gasteiger partial charge < -0.3 is 10.1 Å². The lowest BCUT2D eigenvalue weighted by Gasteiger charge is -2.34. The van der Waals surface area contributed by atoms with Gasteiger partial charge in [0.1, 0.15) is 5.54 Å². The Hall–Kier alpha value is -1.03. The minimum atomic E-state index is -0.557. The number of esters is 1. The topological polar surface area (TPSA) is 38.3 Å². The van der Waals surface area contributed by atoms with Crippen LogP contribution in [0.15, 0.2) is 28.7 Å². The summed E-state index contributed by atoms with van der Waals surface area (Å²) < 4.78 is 6.38. The van der Waals surface area contributed by atoms with Gasteiger partial charge in [0, 0.05) is 10.2 Å². The number of carbonyl (C=O) groups excluding carboxylic acids is 1. The Morgan fingerprint density at radius 1 is 1.40 bits per heavy atom. The monoisotopic (exact) mass is 339 g/mol. The van der Waals surface area contributed by atoms with Crippen molar-refractivity contribution < 1.29 is 9.53 Å². The van der Waals surface area contributed by atoms with E-state index >= 15 is 0 Å². The van der Waals surface area contributed by atoms with Crippen LogP contribution in [0.5, 0.6) is 0 Å². The van der Waals surface area contributed by atoms with Crippen LogP contribution >= 0.6 is 15.9 Å². The molecule has 110 valence electrons. The molecule has 3 nitrogen and oxygen atoms in total. The lowest BCUT2D eigenvalue weighted by Crippen LogP contribution is -2.50. The van der Waals surface area contributed by atoms with Gasteiger partial charge in [0.05, 0.1) is 6.61 Å². The van der Waals surface area contributed by atoms with Crippen LogP contribution in [0.3, 0.4) is 0 Å². The number of benzene rings is 1. The first-order valence-corrected chi connectivity index (χ1v) is 8.12. The van der Waals surface area contributed by atoms with Gasteiger partial charge in [0.2, 0.25) is 0 Å². The number of hydrogen-bond donors (Lipinski definition) is 1. The van der Waals surface area contributed by atoms with E-state index in [1.54, 1.807) is 0 Å². The van der Waals surface area contributed by atoms with Gasteiger partial charge in [-0.3, -0.25) is 0 Å². The molecule has 1 aliphatic carbocycles. The van der Waals surface area contributed by atoms with Crippen molar-refractivity contribution in [3.63, 3.8) is 0 Å². The van der Waals surface area contributed by atoms with Crippen molar-refractivity contribution in [2.75, 3.05) is 11.9 Å². The van der Waals surface area contributed by atoms with E-state index in [4.69, 9.17) is 4.74 Å². The molecule has 0 amide bonds. The van der Waals surface area contributed by atoms with Gasteiger partial charge in [0.15, 0.2) is 0 Å². The van der Waals surface area contributed by atoms with Crippen LogP contribution in [0.2, 0.25) is 0 Å². The van der Waals surface area contributed by atoms with E-state index in [2.05, 4.69) is 28.2 Å². The molecule has 1 fully saturated rings. The minimum Gasteiger partial charge on any atom is -0.464 e. The van der Waals surface area contributed by atoms with Crippen LogP contribution in [0, 0.1) is 5.92 Å². The van der Waals surface area contributed by atoms with Crippen molar-refractivity contribution in [1.29, 1.82) is 0 Å². The SMILES string of the molecule is CCOC(=O)C1(Nc2ccc(Br)cc2)CCCC1CC. The normalized spacial score (nSPS) is 25.4. The molecule has 1 aromatic rings. The Morgan fingerprint density at radius 3 is 2.70 bits per heavy atom. The van der Waals surface area contributed by atoms with Crippen molar-refractivity contribution in [1.82, 2.24) is 0 Å². The summed E-state index contributed by atoms with van der Waals surface area (Å²) in [4.78, 5) is 12.5. The van der Waals surface area contributed by atoms with Crippen LogP contribution < -0.4 is 5.32 Å². The molecule has 2 atom stereocenters. The maximum absolute atomic E-state index is 12.5. The molecule has 2 rings (SSSR count). The molecule has 0 spiro atoms. The molecule has 1 N–H and O–H groups in total. The number of halogens is 1. The highest BCUT2D eigenvalue weighted by Gasteiger charge is 2.49. The Bertz CT molecular complexity index is 460.